The van der Waals surface area contributed by atoms with Crippen molar-refractivity contribution in [3.63, 3.8) is 0 Å². The Morgan fingerprint density at radius 2 is 2.57 bits per heavy atom. The zero-order valence-electron chi connectivity index (χ0n) is 7.78. The lowest BCUT2D eigenvalue weighted by Gasteiger charge is -2.27. The molecule has 0 spiro atoms. The van der Waals surface area contributed by atoms with Crippen molar-refractivity contribution in [3.05, 3.63) is 17.4 Å². The number of carbonyl (C=O) groups is 1. The number of furan rings is 1. The van der Waals surface area contributed by atoms with Gasteiger partial charge in [0, 0.05) is 12.1 Å². The maximum atomic E-state index is 10.5. The van der Waals surface area contributed by atoms with Gasteiger partial charge in [0.05, 0.1) is 6.04 Å². The van der Waals surface area contributed by atoms with E-state index in [0.717, 1.165) is 0 Å². The highest BCUT2D eigenvalue weighted by Gasteiger charge is 2.29. The molecular weight excluding hydrogens is 184 g/mol. The summed E-state index contributed by atoms with van der Waals surface area (Å²) in [4.78, 5) is 10.5. The van der Waals surface area contributed by atoms with E-state index in [-0.39, 0.29) is 11.8 Å². The predicted octanol–water partition coefficient (Wildman–Crippen LogP) is 0.139. The number of anilines is 1. The Morgan fingerprint density at radius 3 is 3.21 bits per heavy atom. The lowest BCUT2D eigenvalue weighted by Crippen LogP contribution is -2.41. The lowest BCUT2D eigenvalue weighted by molar-refractivity contribution is 0.110. The molecule has 0 aliphatic carbocycles. The molecule has 1 aliphatic rings. The first-order chi connectivity index (χ1) is 6.76. The van der Waals surface area contributed by atoms with E-state index < -0.39 is 6.10 Å². The molecule has 5 nitrogen and oxygen atoms in total. The summed E-state index contributed by atoms with van der Waals surface area (Å²) >= 11 is 0. The topological polar surface area (TPSA) is 74.5 Å². The van der Waals surface area contributed by atoms with E-state index in [2.05, 4.69) is 10.6 Å². The van der Waals surface area contributed by atoms with Crippen molar-refractivity contribution in [1.29, 1.82) is 0 Å². The lowest BCUT2D eigenvalue weighted by atomic mass is 10.0. The molecule has 1 aromatic rings. The van der Waals surface area contributed by atoms with Crippen LogP contribution in [0.5, 0.6) is 0 Å². The number of nitrogens with one attached hydrogen (secondary N) is 2. The second kappa shape index (κ2) is 3.43. The van der Waals surface area contributed by atoms with Crippen LogP contribution in [0.4, 0.5) is 5.88 Å². The SMILES string of the molecule is CNC1CNc2oc(C=O)cc2C1O. The summed E-state index contributed by atoms with van der Waals surface area (Å²) in [6, 6.07) is 1.50. The van der Waals surface area contributed by atoms with Gasteiger partial charge >= 0.3 is 0 Å². The average Bonchev–Trinajstić information content (AvgIpc) is 2.62. The van der Waals surface area contributed by atoms with Crippen molar-refractivity contribution in [3.8, 4) is 0 Å². The summed E-state index contributed by atoms with van der Waals surface area (Å²) in [5, 5.41) is 15.8. The number of hydrogen-bond acceptors (Lipinski definition) is 5. The zero-order valence-corrected chi connectivity index (χ0v) is 7.78. The predicted molar refractivity (Wildman–Crippen MR) is 50.4 cm³/mol. The Balaban J connectivity index is 2.34. The smallest absolute Gasteiger partial charge is 0.199 e. The summed E-state index contributed by atoms with van der Waals surface area (Å²) in [5.74, 6) is 0.726. The number of likely N-dealkylation sites (N-methyl/N-ethyl adjacent to an activating group) is 1. The highest BCUT2D eigenvalue weighted by atomic mass is 16.4. The van der Waals surface area contributed by atoms with E-state index in [4.69, 9.17) is 4.42 Å². The van der Waals surface area contributed by atoms with E-state index >= 15 is 0 Å². The molecule has 1 aliphatic heterocycles. The third-order valence-electron chi connectivity index (χ3n) is 2.45. The van der Waals surface area contributed by atoms with Crippen LogP contribution in [0.1, 0.15) is 22.2 Å². The first-order valence-corrected chi connectivity index (χ1v) is 4.44. The highest BCUT2D eigenvalue weighted by Crippen LogP contribution is 2.32. The van der Waals surface area contributed by atoms with Crippen LogP contribution in [0.25, 0.3) is 0 Å². The van der Waals surface area contributed by atoms with Crippen LogP contribution in [0, 0.1) is 0 Å². The number of fused-ring (bicyclic) bond motifs is 1. The van der Waals surface area contributed by atoms with Gasteiger partial charge in [-0.2, -0.15) is 0 Å². The van der Waals surface area contributed by atoms with Crippen LogP contribution in [0.2, 0.25) is 0 Å². The van der Waals surface area contributed by atoms with Crippen LogP contribution < -0.4 is 10.6 Å². The van der Waals surface area contributed by atoms with Gasteiger partial charge in [0.25, 0.3) is 0 Å². The van der Waals surface area contributed by atoms with Crippen LogP contribution in [-0.4, -0.2) is 31.0 Å². The molecule has 0 bridgehead atoms. The van der Waals surface area contributed by atoms with E-state index in [1.807, 2.05) is 0 Å². The molecule has 14 heavy (non-hydrogen) atoms. The van der Waals surface area contributed by atoms with Gasteiger partial charge in [0.2, 0.25) is 0 Å². The molecule has 2 rings (SSSR count). The summed E-state index contributed by atoms with van der Waals surface area (Å²) in [6.07, 6.45) is -0.00474. The maximum Gasteiger partial charge on any atom is 0.199 e. The Kier molecular flexibility index (Phi) is 2.26. The minimum Gasteiger partial charge on any atom is -0.438 e. The fourth-order valence-electron chi connectivity index (χ4n) is 1.63. The van der Waals surface area contributed by atoms with Crippen LogP contribution in [-0.2, 0) is 0 Å². The fourth-order valence-corrected chi connectivity index (χ4v) is 1.63. The quantitative estimate of drug-likeness (QED) is 0.587. The van der Waals surface area contributed by atoms with Crippen LogP contribution in [0.15, 0.2) is 10.5 Å². The Bertz CT molecular complexity index is 348. The maximum absolute atomic E-state index is 10.5. The van der Waals surface area contributed by atoms with Gasteiger partial charge < -0.3 is 20.2 Å². The summed E-state index contributed by atoms with van der Waals surface area (Å²) in [6.45, 7) is 0.580. The third-order valence-corrected chi connectivity index (χ3v) is 2.45. The van der Waals surface area contributed by atoms with Crippen molar-refractivity contribution < 1.29 is 14.3 Å². The molecular formula is C9H12N2O3. The first kappa shape index (κ1) is 9.23. The van der Waals surface area contributed by atoms with Crippen molar-refractivity contribution in [2.45, 2.75) is 12.1 Å². The fraction of sp³-hybridized carbons (Fsp3) is 0.444. The molecule has 1 aromatic heterocycles. The largest absolute Gasteiger partial charge is 0.438 e. The van der Waals surface area contributed by atoms with Gasteiger partial charge in [-0.1, -0.05) is 0 Å². The number of aldehydes is 1. The minimum absolute atomic E-state index is 0.0559. The van der Waals surface area contributed by atoms with Crippen molar-refractivity contribution >= 4 is 12.2 Å². The van der Waals surface area contributed by atoms with Gasteiger partial charge in [-0.05, 0) is 13.1 Å². The molecule has 2 unspecified atom stereocenters. The standard InChI is InChI=1S/C9H12N2O3/c1-10-7-3-11-9-6(8(7)13)2-5(4-12)14-9/h2,4,7-8,10-11,13H,3H2,1H3. The summed E-state index contributed by atoms with van der Waals surface area (Å²) < 4.78 is 5.15. The number of aliphatic hydroxyl groups is 1. The van der Waals surface area contributed by atoms with Crippen LogP contribution >= 0.6 is 0 Å². The molecule has 0 fully saturated rings. The molecule has 0 aromatic carbocycles. The molecule has 2 atom stereocenters. The van der Waals surface area contributed by atoms with Gasteiger partial charge in [-0.25, -0.2) is 0 Å². The Hall–Kier alpha value is -1.33. The van der Waals surface area contributed by atoms with Gasteiger partial charge in [-0.15, -0.1) is 0 Å². The minimum atomic E-state index is -0.631. The Morgan fingerprint density at radius 1 is 1.79 bits per heavy atom. The van der Waals surface area contributed by atoms with Gasteiger partial charge in [0.15, 0.2) is 17.9 Å². The molecule has 76 valence electrons. The monoisotopic (exact) mass is 196 g/mol. The normalized spacial score (nSPS) is 25.3. The van der Waals surface area contributed by atoms with Crippen molar-refractivity contribution in [2.75, 3.05) is 18.9 Å². The highest BCUT2D eigenvalue weighted by molar-refractivity contribution is 5.73. The molecule has 0 radical (unpaired) electrons. The molecule has 5 heteroatoms. The number of carbonyl (C=O) groups excluding carboxylic acids is 1. The van der Waals surface area contributed by atoms with E-state index in [1.165, 1.54) is 0 Å². The van der Waals surface area contributed by atoms with E-state index in [0.29, 0.717) is 24.3 Å². The molecule has 0 saturated carbocycles. The average molecular weight is 196 g/mol. The third kappa shape index (κ3) is 1.30. The van der Waals surface area contributed by atoms with Gasteiger partial charge in [-0.3, -0.25) is 4.79 Å². The van der Waals surface area contributed by atoms with E-state index in [9.17, 15) is 9.90 Å². The molecule has 0 saturated heterocycles. The van der Waals surface area contributed by atoms with Crippen LogP contribution in [0.3, 0.4) is 0 Å². The molecule has 3 N–H and O–H groups in total. The van der Waals surface area contributed by atoms with Gasteiger partial charge in [0.1, 0.15) is 6.10 Å². The second-order valence-electron chi connectivity index (χ2n) is 3.27. The zero-order chi connectivity index (χ0) is 10.1. The number of hydrogen-bond donors (Lipinski definition) is 3. The van der Waals surface area contributed by atoms with E-state index in [1.54, 1.807) is 13.1 Å². The number of rotatable bonds is 2. The summed E-state index contributed by atoms with van der Waals surface area (Å²) in [5.41, 5.74) is 0.637. The van der Waals surface area contributed by atoms with Crippen molar-refractivity contribution in [2.24, 2.45) is 0 Å². The summed E-state index contributed by atoms with van der Waals surface area (Å²) in [7, 11) is 1.78. The van der Waals surface area contributed by atoms with Crippen molar-refractivity contribution in [1.82, 2.24) is 5.32 Å². The first-order valence-electron chi connectivity index (χ1n) is 4.44. The Labute approximate surface area is 81.1 Å². The second-order valence-corrected chi connectivity index (χ2v) is 3.27. The molecule has 2 heterocycles. The molecule has 0 amide bonds. The number of aliphatic hydroxyl groups excluding tert-OH is 1.